The molecule has 7 nitrogen and oxygen atoms in total. The van der Waals surface area contributed by atoms with E-state index in [1.165, 1.54) is 36.0 Å². The van der Waals surface area contributed by atoms with Crippen LogP contribution in [0.5, 0.6) is 0 Å². The van der Waals surface area contributed by atoms with Crippen molar-refractivity contribution in [3.63, 3.8) is 0 Å². The highest BCUT2D eigenvalue weighted by molar-refractivity contribution is 8.00. The topological polar surface area (TPSA) is 101 Å². The number of carbonyl (C=O) groups is 2. The third-order valence-corrected chi connectivity index (χ3v) is 6.18. The van der Waals surface area contributed by atoms with Gasteiger partial charge < -0.3 is 10.6 Å². The summed E-state index contributed by atoms with van der Waals surface area (Å²) in [6.07, 6.45) is 0. The van der Waals surface area contributed by atoms with Gasteiger partial charge in [-0.15, -0.1) is 11.8 Å². The number of carbonyl (C=O) groups excluding carboxylic acids is 2. The Morgan fingerprint density at radius 1 is 1.00 bits per heavy atom. The zero-order chi connectivity index (χ0) is 23.3. The molecule has 164 valence electrons. The third-order valence-electron chi connectivity index (χ3n) is 4.66. The van der Waals surface area contributed by atoms with E-state index in [1.54, 1.807) is 30.3 Å². The summed E-state index contributed by atoms with van der Waals surface area (Å²) in [4.78, 5) is 35.9. The normalized spacial score (nSPS) is 11.5. The van der Waals surface area contributed by atoms with Crippen LogP contribution in [0.15, 0.2) is 71.6 Å². The van der Waals surface area contributed by atoms with Crippen LogP contribution in [-0.2, 0) is 4.79 Å². The molecule has 9 heteroatoms. The highest BCUT2D eigenvalue weighted by Gasteiger charge is 2.16. The van der Waals surface area contributed by atoms with Gasteiger partial charge in [0.1, 0.15) is 0 Å². The molecule has 0 aliphatic heterocycles. The van der Waals surface area contributed by atoms with Crippen LogP contribution in [0.25, 0.3) is 0 Å². The first-order chi connectivity index (χ1) is 15.2. The molecule has 0 heterocycles. The summed E-state index contributed by atoms with van der Waals surface area (Å²) in [7, 11) is 0. The molecule has 3 aromatic carbocycles. The number of non-ortho nitro benzene ring substituents is 1. The Morgan fingerprint density at radius 3 is 2.28 bits per heavy atom. The number of nitrogens with zero attached hydrogens (tertiary/aromatic N) is 1. The minimum atomic E-state index is -0.518. The van der Waals surface area contributed by atoms with E-state index >= 15 is 0 Å². The number of amides is 2. The van der Waals surface area contributed by atoms with E-state index in [-0.39, 0.29) is 22.8 Å². The van der Waals surface area contributed by atoms with Crippen molar-refractivity contribution in [2.24, 2.45) is 0 Å². The van der Waals surface area contributed by atoms with Crippen molar-refractivity contribution >= 4 is 52.2 Å². The number of nitro benzene ring substituents is 1. The van der Waals surface area contributed by atoms with Crippen molar-refractivity contribution in [2.75, 3.05) is 10.6 Å². The second kappa shape index (κ2) is 10.3. The lowest BCUT2D eigenvalue weighted by molar-refractivity contribution is -0.384. The molecule has 0 aliphatic rings. The van der Waals surface area contributed by atoms with E-state index in [1.807, 2.05) is 26.0 Å². The second-order valence-electron chi connectivity index (χ2n) is 6.94. The molecule has 0 saturated carbocycles. The molecular formula is C23H20ClN3O4S. The van der Waals surface area contributed by atoms with Crippen LogP contribution in [0.2, 0.25) is 5.02 Å². The largest absolute Gasteiger partial charge is 0.325 e. The average molecular weight is 470 g/mol. The molecule has 0 radical (unpaired) electrons. The summed E-state index contributed by atoms with van der Waals surface area (Å²) >= 11 is 7.49. The molecule has 0 aromatic heterocycles. The second-order valence-corrected chi connectivity index (χ2v) is 8.77. The van der Waals surface area contributed by atoms with Gasteiger partial charge in [0.05, 0.1) is 10.2 Å². The predicted octanol–water partition coefficient (Wildman–Crippen LogP) is 5.93. The van der Waals surface area contributed by atoms with E-state index < -0.39 is 4.92 Å². The smallest absolute Gasteiger partial charge is 0.269 e. The molecule has 0 saturated heterocycles. The number of benzene rings is 3. The van der Waals surface area contributed by atoms with Gasteiger partial charge in [0.15, 0.2) is 0 Å². The van der Waals surface area contributed by atoms with Gasteiger partial charge in [0, 0.05) is 39.0 Å². The van der Waals surface area contributed by atoms with Gasteiger partial charge >= 0.3 is 0 Å². The number of hydrogen-bond acceptors (Lipinski definition) is 5. The van der Waals surface area contributed by atoms with Crippen molar-refractivity contribution in [3.8, 4) is 0 Å². The van der Waals surface area contributed by atoms with Crippen molar-refractivity contribution in [2.45, 2.75) is 24.0 Å². The van der Waals surface area contributed by atoms with Gasteiger partial charge in [-0.2, -0.15) is 0 Å². The molecule has 1 unspecified atom stereocenters. The van der Waals surface area contributed by atoms with Gasteiger partial charge in [0.2, 0.25) is 5.91 Å². The Morgan fingerprint density at radius 2 is 1.66 bits per heavy atom. The van der Waals surface area contributed by atoms with Crippen LogP contribution in [0.1, 0.15) is 22.8 Å². The zero-order valence-corrected chi connectivity index (χ0v) is 18.9. The summed E-state index contributed by atoms with van der Waals surface area (Å²) in [6.45, 7) is 3.66. The van der Waals surface area contributed by atoms with Gasteiger partial charge in [0.25, 0.3) is 11.6 Å². The van der Waals surface area contributed by atoms with E-state index in [0.717, 1.165) is 10.5 Å². The Labute approximate surface area is 194 Å². The van der Waals surface area contributed by atoms with Crippen LogP contribution in [0.4, 0.5) is 17.1 Å². The molecule has 1 atom stereocenters. The summed E-state index contributed by atoms with van der Waals surface area (Å²) < 4.78 is 0. The number of anilines is 2. The standard InChI is InChI=1S/C23H20ClN3O4S/c1-14-20(24)4-3-5-21(14)26-22(28)15(2)32-19-12-8-17(9-13-19)25-23(29)16-6-10-18(11-7-16)27(30)31/h3-13,15H,1-2H3,(H,25,29)(H,26,28). The van der Waals surface area contributed by atoms with Crippen LogP contribution < -0.4 is 10.6 Å². The van der Waals surface area contributed by atoms with Crippen LogP contribution in [0, 0.1) is 17.0 Å². The molecular weight excluding hydrogens is 450 g/mol. The summed E-state index contributed by atoms with van der Waals surface area (Å²) in [5, 5.41) is 16.6. The number of hydrogen-bond donors (Lipinski definition) is 2. The molecule has 2 N–H and O–H groups in total. The number of rotatable bonds is 7. The van der Waals surface area contributed by atoms with Gasteiger partial charge in [-0.25, -0.2) is 0 Å². The summed E-state index contributed by atoms with van der Waals surface area (Å²) in [6, 6.07) is 17.8. The third kappa shape index (κ3) is 5.87. The highest BCUT2D eigenvalue weighted by Crippen LogP contribution is 2.28. The minimum Gasteiger partial charge on any atom is -0.325 e. The van der Waals surface area contributed by atoms with Gasteiger partial charge in [-0.05, 0) is 67.9 Å². The first-order valence-corrected chi connectivity index (χ1v) is 10.9. The zero-order valence-electron chi connectivity index (χ0n) is 17.3. The number of thioether (sulfide) groups is 1. The van der Waals surface area contributed by atoms with Crippen molar-refractivity contribution in [1.82, 2.24) is 0 Å². The van der Waals surface area contributed by atoms with Gasteiger partial charge in [-0.3, -0.25) is 19.7 Å². The first kappa shape index (κ1) is 23.3. The maximum atomic E-state index is 12.5. The maximum Gasteiger partial charge on any atom is 0.269 e. The van der Waals surface area contributed by atoms with Crippen molar-refractivity contribution in [3.05, 3.63) is 93.0 Å². The summed E-state index contributed by atoms with van der Waals surface area (Å²) in [5.74, 6) is -0.513. The van der Waals surface area contributed by atoms with E-state index in [9.17, 15) is 19.7 Å². The lowest BCUT2D eigenvalue weighted by Crippen LogP contribution is -2.22. The Kier molecular flexibility index (Phi) is 7.50. The molecule has 0 fully saturated rings. The Balaban J connectivity index is 1.57. The van der Waals surface area contributed by atoms with Crippen molar-refractivity contribution < 1.29 is 14.5 Å². The SMILES string of the molecule is Cc1c(Cl)cccc1NC(=O)C(C)Sc1ccc(NC(=O)c2ccc([N+](=O)[O-])cc2)cc1. The Bertz CT molecular complexity index is 1150. The lowest BCUT2D eigenvalue weighted by atomic mass is 10.2. The molecule has 3 rings (SSSR count). The molecule has 3 aromatic rings. The van der Waals surface area contributed by atoms with E-state index in [2.05, 4.69) is 10.6 Å². The average Bonchev–Trinajstić information content (AvgIpc) is 2.78. The monoisotopic (exact) mass is 469 g/mol. The molecule has 0 aliphatic carbocycles. The minimum absolute atomic E-state index is 0.0772. The van der Waals surface area contributed by atoms with E-state index in [0.29, 0.717) is 22.0 Å². The quantitative estimate of drug-likeness (QED) is 0.254. The maximum absolute atomic E-state index is 12.5. The molecule has 0 bridgehead atoms. The Hall–Kier alpha value is -3.36. The fraction of sp³-hybridized carbons (Fsp3) is 0.130. The molecule has 2 amide bonds. The summed E-state index contributed by atoms with van der Waals surface area (Å²) in [5.41, 5.74) is 2.30. The number of nitrogens with one attached hydrogen (secondary N) is 2. The molecule has 0 spiro atoms. The first-order valence-electron chi connectivity index (χ1n) is 9.63. The van der Waals surface area contributed by atoms with Crippen LogP contribution in [0.3, 0.4) is 0 Å². The lowest BCUT2D eigenvalue weighted by Gasteiger charge is -2.14. The fourth-order valence-electron chi connectivity index (χ4n) is 2.79. The highest BCUT2D eigenvalue weighted by atomic mass is 35.5. The number of halogens is 1. The molecule has 32 heavy (non-hydrogen) atoms. The van der Waals surface area contributed by atoms with Crippen LogP contribution in [-0.4, -0.2) is 22.0 Å². The van der Waals surface area contributed by atoms with Crippen molar-refractivity contribution in [1.29, 1.82) is 0 Å². The number of nitro groups is 1. The van der Waals surface area contributed by atoms with Gasteiger partial charge in [-0.1, -0.05) is 17.7 Å². The van der Waals surface area contributed by atoms with Crippen LogP contribution >= 0.6 is 23.4 Å². The van der Waals surface area contributed by atoms with E-state index in [4.69, 9.17) is 11.6 Å². The predicted molar refractivity (Wildman–Crippen MR) is 128 cm³/mol. The fourth-order valence-corrected chi connectivity index (χ4v) is 3.83.